The molecular formula is C12H25NO2. The zero-order valence-electron chi connectivity index (χ0n) is 10.7. The maximum atomic E-state index is 5.60. The molecule has 1 atom stereocenters. The van der Waals surface area contributed by atoms with Gasteiger partial charge in [0.1, 0.15) is 0 Å². The van der Waals surface area contributed by atoms with Crippen molar-refractivity contribution in [2.24, 2.45) is 5.41 Å². The van der Waals surface area contributed by atoms with Crippen LogP contribution in [0.3, 0.4) is 0 Å². The van der Waals surface area contributed by atoms with Crippen molar-refractivity contribution in [2.45, 2.75) is 46.3 Å². The van der Waals surface area contributed by atoms with Gasteiger partial charge in [0.05, 0.1) is 25.9 Å². The molecule has 3 nitrogen and oxygen atoms in total. The fraction of sp³-hybridized carbons (Fsp3) is 1.00. The summed E-state index contributed by atoms with van der Waals surface area (Å²) in [5.41, 5.74) is 0.344. The smallest absolute Gasteiger partial charge is 0.0933 e. The van der Waals surface area contributed by atoms with E-state index in [9.17, 15) is 0 Å². The Morgan fingerprint density at radius 3 is 2.27 bits per heavy atom. The van der Waals surface area contributed by atoms with Crippen molar-refractivity contribution in [1.82, 2.24) is 5.32 Å². The first-order valence-corrected chi connectivity index (χ1v) is 5.77. The highest BCUT2D eigenvalue weighted by Crippen LogP contribution is 2.29. The largest absolute Gasteiger partial charge is 0.376 e. The summed E-state index contributed by atoms with van der Waals surface area (Å²) in [6, 6.07) is 0. The van der Waals surface area contributed by atoms with Gasteiger partial charge in [0.25, 0.3) is 0 Å². The van der Waals surface area contributed by atoms with E-state index < -0.39 is 0 Å². The van der Waals surface area contributed by atoms with E-state index in [1.807, 2.05) is 0 Å². The van der Waals surface area contributed by atoms with Gasteiger partial charge < -0.3 is 14.8 Å². The molecule has 90 valence electrons. The first-order chi connectivity index (χ1) is 6.83. The lowest BCUT2D eigenvalue weighted by molar-refractivity contribution is -0.0895. The monoisotopic (exact) mass is 215 g/mol. The average molecular weight is 215 g/mol. The zero-order chi connectivity index (χ0) is 11.5. The van der Waals surface area contributed by atoms with E-state index in [1.165, 1.54) is 0 Å². The van der Waals surface area contributed by atoms with E-state index in [4.69, 9.17) is 9.47 Å². The highest BCUT2D eigenvalue weighted by Gasteiger charge is 2.32. The summed E-state index contributed by atoms with van der Waals surface area (Å²) in [7, 11) is 0. The van der Waals surface area contributed by atoms with Crippen LogP contribution >= 0.6 is 0 Å². The van der Waals surface area contributed by atoms with Crippen molar-refractivity contribution in [3.63, 3.8) is 0 Å². The number of rotatable bonds is 3. The lowest BCUT2D eigenvalue weighted by Crippen LogP contribution is -2.53. The number of ether oxygens (including phenoxy) is 2. The van der Waals surface area contributed by atoms with Crippen LogP contribution in [0.4, 0.5) is 0 Å². The maximum Gasteiger partial charge on any atom is 0.0933 e. The summed E-state index contributed by atoms with van der Waals surface area (Å²) < 4.78 is 11.0. The van der Waals surface area contributed by atoms with Crippen LogP contribution in [-0.2, 0) is 9.47 Å². The second kappa shape index (κ2) is 4.81. The third-order valence-corrected chi connectivity index (χ3v) is 3.53. The van der Waals surface area contributed by atoms with Crippen molar-refractivity contribution >= 4 is 0 Å². The fourth-order valence-corrected chi connectivity index (χ4v) is 1.29. The summed E-state index contributed by atoms with van der Waals surface area (Å²) in [6.07, 6.45) is 0.209. The van der Waals surface area contributed by atoms with Crippen LogP contribution < -0.4 is 5.32 Å². The number of nitrogens with one attached hydrogen (secondary N) is 1. The number of hydrogen-bond acceptors (Lipinski definition) is 3. The maximum absolute atomic E-state index is 5.60. The van der Waals surface area contributed by atoms with E-state index in [-0.39, 0.29) is 17.1 Å². The van der Waals surface area contributed by atoms with Crippen molar-refractivity contribution in [3.05, 3.63) is 0 Å². The van der Waals surface area contributed by atoms with Crippen molar-refractivity contribution in [2.75, 3.05) is 26.4 Å². The minimum Gasteiger partial charge on any atom is -0.376 e. The molecule has 0 radical (unpaired) electrons. The molecule has 15 heavy (non-hydrogen) atoms. The van der Waals surface area contributed by atoms with Crippen molar-refractivity contribution in [3.8, 4) is 0 Å². The SMILES string of the molecule is CC(C)(C)C(C)(C)NCC1COCCO1. The Morgan fingerprint density at radius 2 is 1.80 bits per heavy atom. The second-order valence-electron chi connectivity index (χ2n) is 5.82. The molecule has 0 aliphatic carbocycles. The molecule has 3 heteroatoms. The van der Waals surface area contributed by atoms with Crippen LogP contribution in [0, 0.1) is 5.41 Å². The third kappa shape index (κ3) is 3.74. The Balaban J connectivity index is 2.35. The Morgan fingerprint density at radius 1 is 1.13 bits per heavy atom. The lowest BCUT2D eigenvalue weighted by Gasteiger charge is -2.41. The predicted molar refractivity (Wildman–Crippen MR) is 62.1 cm³/mol. The molecule has 1 heterocycles. The first-order valence-electron chi connectivity index (χ1n) is 5.77. The second-order valence-corrected chi connectivity index (χ2v) is 5.82. The van der Waals surface area contributed by atoms with Crippen molar-refractivity contribution < 1.29 is 9.47 Å². The molecular weight excluding hydrogens is 190 g/mol. The van der Waals surface area contributed by atoms with Crippen LogP contribution in [0.15, 0.2) is 0 Å². The van der Waals surface area contributed by atoms with E-state index in [0.29, 0.717) is 6.61 Å². The van der Waals surface area contributed by atoms with Gasteiger partial charge in [-0.25, -0.2) is 0 Å². The molecule has 0 aromatic rings. The minimum absolute atomic E-state index is 0.105. The highest BCUT2D eigenvalue weighted by atomic mass is 16.6. The molecule has 1 fully saturated rings. The standard InChI is InChI=1S/C12H25NO2/c1-11(2,3)12(4,5)13-8-10-9-14-6-7-15-10/h10,13H,6-9H2,1-5H3. The van der Waals surface area contributed by atoms with Gasteiger partial charge in [0.2, 0.25) is 0 Å². The highest BCUT2D eigenvalue weighted by molar-refractivity contribution is 4.90. The number of hydrogen-bond donors (Lipinski definition) is 1. The van der Waals surface area contributed by atoms with Crippen LogP contribution in [-0.4, -0.2) is 38.0 Å². The molecule has 1 aliphatic rings. The Kier molecular flexibility index (Phi) is 4.15. The molecule has 0 amide bonds. The van der Waals surface area contributed by atoms with E-state index in [1.54, 1.807) is 0 Å². The zero-order valence-corrected chi connectivity index (χ0v) is 10.7. The summed E-state index contributed by atoms with van der Waals surface area (Å²) in [5, 5.41) is 3.56. The Bertz CT molecular complexity index is 190. The molecule has 0 spiro atoms. The molecule has 1 N–H and O–H groups in total. The van der Waals surface area contributed by atoms with E-state index >= 15 is 0 Å². The Hall–Kier alpha value is -0.120. The van der Waals surface area contributed by atoms with Crippen LogP contribution in [0.1, 0.15) is 34.6 Å². The van der Waals surface area contributed by atoms with Crippen LogP contribution in [0.2, 0.25) is 0 Å². The van der Waals surface area contributed by atoms with E-state index in [0.717, 1.165) is 19.8 Å². The summed E-state index contributed by atoms with van der Waals surface area (Å²) in [5.74, 6) is 0. The summed E-state index contributed by atoms with van der Waals surface area (Å²) >= 11 is 0. The summed E-state index contributed by atoms with van der Waals surface area (Å²) in [6.45, 7) is 14.3. The van der Waals surface area contributed by atoms with E-state index in [2.05, 4.69) is 39.9 Å². The van der Waals surface area contributed by atoms with Gasteiger partial charge in [-0.3, -0.25) is 0 Å². The minimum atomic E-state index is 0.105. The third-order valence-electron chi connectivity index (χ3n) is 3.53. The van der Waals surface area contributed by atoms with Crippen LogP contribution in [0.5, 0.6) is 0 Å². The van der Waals surface area contributed by atoms with Crippen LogP contribution in [0.25, 0.3) is 0 Å². The first kappa shape index (κ1) is 12.9. The molecule has 1 aliphatic heterocycles. The van der Waals surface area contributed by atoms with Gasteiger partial charge in [-0.2, -0.15) is 0 Å². The van der Waals surface area contributed by atoms with Gasteiger partial charge in [0, 0.05) is 12.1 Å². The topological polar surface area (TPSA) is 30.5 Å². The van der Waals surface area contributed by atoms with Gasteiger partial charge >= 0.3 is 0 Å². The molecule has 1 saturated heterocycles. The lowest BCUT2D eigenvalue weighted by atomic mass is 9.76. The predicted octanol–water partition coefficient (Wildman–Crippen LogP) is 1.82. The quantitative estimate of drug-likeness (QED) is 0.779. The Labute approximate surface area is 93.5 Å². The van der Waals surface area contributed by atoms with Crippen molar-refractivity contribution in [1.29, 1.82) is 0 Å². The molecule has 1 unspecified atom stereocenters. The fourth-order valence-electron chi connectivity index (χ4n) is 1.29. The molecule has 0 aromatic heterocycles. The van der Waals surface area contributed by atoms with Gasteiger partial charge in [-0.1, -0.05) is 20.8 Å². The normalized spacial score (nSPS) is 24.2. The van der Waals surface area contributed by atoms with Gasteiger partial charge in [-0.05, 0) is 19.3 Å². The molecule has 1 rings (SSSR count). The molecule has 0 aromatic carbocycles. The van der Waals surface area contributed by atoms with Gasteiger partial charge in [-0.15, -0.1) is 0 Å². The average Bonchev–Trinajstić information content (AvgIpc) is 2.15. The van der Waals surface area contributed by atoms with Gasteiger partial charge in [0.15, 0.2) is 0 Å². The molecule has 0 saturated carbocycles. The summed E-state index contributed by atoms with van der Waals surface area (Å²) in [4.78, 5) is 0. The molecule has 0 bridgehead atoms.